The highest BCUT2D eigenvalue weighted by atomic mass is 19.1. The Morgan fingerprint density at radius 3 is 2.61 bits per heavy atom. The van der Waals surface area contributed by atoms with Crippen LogP contribution < -0.4 is 5.32 Å². The number of piperazine rings is 1. The first kappa shape index (κ1) is 13.4. The van der Waals surface area contributed by atoms with Crippen molar-refractivity contribution in [2.24, 2.45) is 0 Å². The third-order valence-electron chi connectivity index (χ3n) is 3.53. The van der Waals surface area contributed by atoms with E-state index in [1.165, 1.54) is 6.07 Å². The zero-order chi connectivity index (χ0) is 13.0. The zero-order valence-corrected chi connectivity index (χ0v) is 10.8. The number of hydrogen-bond donors (Lipinski definition) is 1. The normalized spacial score (nSPS) is 17.1. The molecule has 0 spiro atoms. The monoisotopic (exact) mass is 254 g/mol. The predicted octanol–water partition coefficient (Wildman–Crippen LogP) is 1.97. The Bertz CT molecular complexity index is 401. The van der Waals surface area contributed by atoms with Crippen LogP contribution in [0.1, 0.15) is 18.1 Å². The molecule has 0 atom stereocenters. The van der Waals surface area contributed by atoms with Crippen molar-refractivity contribution in [1.82, 2.24) is 10.2 Å². The lowest BCUT2D eigenvalue weighted by molar-refractivity contribution is 0.242. The number of hydrogen-bond acceptors (Lipinski definition) is 2. The highest BCUT2D eigenvalue weighted by Crippen LogP contribution is 2.18. The molecule has 1 aliphatic heterocycles. The van der Waals surface area contributed by atoms with Crippen molar-refractivity contribution in [3.8, 4) is 0 Å². The first-order chi connectivity index (χ1) is 8.72. The summed E-state index contributed by atoms with van der Waals surface area (Å²) >= 11 is 0. The van der Waals surface area contributed by atoms with Crippen LogP contribution in [-0.2, 0) is 12.8 Å². The van der Waals surface area contributed by atoms with Gasteiger partial charge in [0.2, 0.25) is 0 Å². The maximum absolute atomic E-state index is 14.0. The molecular formula is C14H20F2N2. The Labute approximate surface area is 107 Å². The standard InChI is InChI=1S/C14H20F2N2/c1-2-11-3-4-13(15)12(14(11)16)5-8-18-9-6-17-7-10-18/h3-4,17H,2,5-10H2,1H3. The van der Waals surface area contributed by atoms with Gasteiger partial charge in [-0.2, -0.15) is 0 Å². The van der Waals surface area contributed by atoms with E-state index in [-0.39, 0.29) is 11.4 Å². The smallest absolute Gasteiger partial charge is 0.132 e. The lowest BCUT2D eigenvalue weighted by Gasteiger charge is -2.27. The largest absolute Gasteiger partial charge is 0.314 e. The maximum atomic E-state index is 14.0. The summed E-state index contributed by atoms with van der Waals surface area (Å²) < 4.78 is 27.7. The Hall–Kier alpha value is -1.00. The van der Waals surface area contributed by atoms with E-state index in [1.807, 2.05) is 6.92 Å². The zero-order valence-electron chi connectivity index (χ0n) is 10.8. The minimum absolute atomic E-state index is 0.243. The van der Waals surface area contributed by atoms with Gasteiger partial charge in [-0.05, 0) is 24.5 Å². The molecule has 1 heterocycles. The van der Waals surface area contributed by atoms with Crippen LogP contribution in [-0.4, -0.2) is 37.6 Å². The second-order valence-corrected chi connectivity index (χ2v) is 4.69. The van der Waals surface area contributed by atoms with E-state index >= 15 is 0 Å². The maximum Gasteiger partial charge on any atom is 0.132 e. The van der Waals surface area contributed by atoms with Crippen LogP contribution in [0.5, 0.6) is 0 Å². The molecule has 2 nitrogen and oxygen atoms in total. The van der Waals surface area contributed by atoms with Crippen molar-refractivity contribution in [1.29, 1.82) is 0 Å². The van der Waals surface area contributed by atoms with Crippen LogP contribution in [0.4, 0.5) is 8.78 Å². The van der Waals surface area contributed by atoms with Crippen molar-refractivity contribution in [3.63, 3.8) is 0 Å². The summed E-state index contributed by atoms with van der Waals surface area (Å²) in [6.45, 7) is 6.44. The second kappa shape index (κ2) is 6.25. The third-order valence-corrected chi connectivity index (χ3v) is 3.53. The van der Waals surface area contributed by atoms with Crippen molar-refractivity contribution in [2.75, 3.05) is 32.7 Å². The van der Waals surface area contributed by atoms with E-state index in [1.54, 1.807) is 6.07 Å². The van der Waals surface area contributed by atoms with Gasteiger partial charge >= 0.3 is 0 Å². The summed E-state index contributed by atoms with van der Waals surface area (Å²) in [6.07, 6.45) is 1.05. The quantitative estimate of drug-likeness (QED) is 0.884. The number of nitrogens with one attached hydrogen (secondary N) is 1. The highest BCUT2D eigenvalue weighted by molar-refractivity contribution is 5.27. The summed E-state index contributed by atoms with van der Waals surface area (Å²) in [5.41, 5.74) is 0.847. The first-order valence-corrected chi connectivity index (χ1v) is 6.61. The summed E-state index contributed by atoms with van der Waals surface area (Å²) in [7, 11) is 0. The molecule has 1 saturated heterocycles. The fourth-order valence-corrected chi connectivity index (χ4v) is 2.35. The molecule has 0 unspecified atom stereocenters. The summed E-state index contributed by atoms with van der Waals surface area (Å²) in [5.74, 6) is -0.771. The summed E-state index contributed by atoms with van der Waals surface area (Å²) in [4.78, 5) is 2.24. The molecule has 4 heteroatoms. The Morgan fingerprint density at radius 2 is 1.94 bits per heavy atom. The molecule has 0 aliphatic carbocycles. The van der Waals surface area contributed by atoms with Gasteiger partial charge in [-0.15, -0.1) is 0 Å². The molecule has 0 bridgehead atoms. The van der Waals surface area contributed by atoms with Gasteiger partial charge in [-0.25, -0.2) is 8.78 Å². The number of rotatable bonds is 4. The van der Waals surface area contributed by atoms with Crippen molar-refractivity contribution >= 4 is 0 Å². The average Bonchev–Trinajstić information content (AvgIpc) is 2.40. The van der Waals surface area contributed by atoms with E-state index in [0.717, 1.165) is 32.7 Å². The first-order valence-electron chi connectivity index (χ1n) is 6.61. The number of benzene rings is 1. The Kier molecular flexibility index (Phi) is 4.66. The molecular weight excluding hydrogens is 234 g/mol. The fourth-order valence-electron chi connectivity index (χ4n) is 2.35. The molecule has 1 N–H and O–H groups in total. The van der Waals surface area contributed by atoms with E-state index in [4.69, 9.17) is 0 Å². The van der Waals surface area contributed by atoms with Crippen molar-refractivity contribution < 1.29 is 8.78 Å². The van der Waals surface area contributed by atoms with Gasteiger partial charge in [0.05, 0.1) is 0 Å². The van der Waals surface area contributed by atoms with Crippen LogP contribution in [0.3, 0.4) is 0 Å². The Balaban J connectivity index is 2.03. The van der Waals surface area contributed by atoms with Gasteiger partial charge in [0, 0.05) is 38.3 Å². The van der Waals surface area contributed by atoms with Crippen LogP contribution in [0.15, 0.2) is 12.1 Å². The lowest BCUT2D eigenvalue weighted by atomic mass is 10.0. The topological polar surface area (TPSA) is 15.3 Å². The minimum Gasteiger partial charge on any atom is -0.314 e. The number of halogens is 2. The van der Waals surface area contributed by atoms with E-state index < -0.39 is 5.82 Å². The molecule has 1 aromatic carbocycles. The highest BCUT2D eigenvalue weighted by Gasteiger charge is 2.15. The molecule has 0 radical (unpaired) electrons. The van der Waals surface area contributed by atoms with Crippen molar-refractivity contribution in [2.45, 2.75) is 19.8 Å². The van der Waals surface area contributed by atoms with Gasteiger partial charge in [-0.3, -0.25) is 0 Å². The molecule has 18 heavy (non-hydrogen) atoms. The molecule has 100 valence electrons. The molecule has 2 rings (SSSR count). The van der Waals surface area contributed by atoms with E-state index in [2.05, 4.69) is 10.2 Å². The molecule has 1 fully saturated rings. The molecule has 1 aliphatic rings. The van der Waals surface area contributed by atoms with Crippen LogP contribution in [0.2, 0.25) is 0 Å². The number of aryl methyl sites for hydroxylation is 1. The molecule has 1 aromatic rings. The molecule has 0 saturated carbocycles. The van der Waals surface area contributed by atoms with Crippen LogP contribution in [0.25, 0.3) is 0 Å². The minimum atomic E-state index is -0.417. The van der Waals surface area contributed by atoms with E-state index in [9.17, 15) is 8.78 Å². The predicted molar refractivity (Wildman–Crippen MR) is 68.7 cm³/mol. The Morgan fingerprint density at radius 1 is 1.22 bits per heavy atom. The van der Waals surface area contributed by atoms with Gasteiger partial charge < -0.3 is 10.2 Å². The average molecular weight is 254 g/mol. The van der Waals surface area contributed by atoms with E-state index in [0.29, 0.717) is 18.4 Å². The van der Waals surface area contributed by atoms with Gasteiger partial charge in [0.25, 0.3) is 0 Å². The van der Waals surface area contributed by atoms with Gasteiger partial charge in [-0.1, -0.05) is 13.0 Å². The molecule has 0 aromatic heterocycles. The van der Waals surface area contributed by atoms with Gasteiger partial charge in [0.1, 0.15) is 11.6 Å². The van der Waals surface area contributed by atoms with Crippen LogP contribution >= 0.6 is 0 Å². The summed E-state index contributed by atoms with van der Waals surface area (Å²) in [6, 6.07) is 2.92. The molecule has 0 amide bonds. The van der Waals surface area contributed by atoms with Crippen LogP contribution in [0, 0.1) is 11.6 Å². The lowest BCUT2D eigenvalue weighted by Crippen LogP contribution is -2.44. The van der Waals surface area contributed by atoms with Crippen molar-refractivity contribution in [3.05, 3.63) is 34.9 Å². The third kappa shape index (κ3) is 3.06. The summed E-state index contributed by atoms with van der Waals surface area (Å²) in [5, 5.41) is 3.26. The number of nitrogens with zero attached hydrogens (tertiary/aromatic N) is 1. The second-order valence-electron chi connectivity index (χ2n) is 4.69. The SMILES string of the molecule is CCc1ccc(F)c(CCN2CCNCC2)c1F. The van der Waals surface area contributed by atoms with Gasteiger partial charge in [0.15, 0.2) is 0 Å². The fraction of sp³-hybridized carbons (Fsp3) is 0.571.